The number of hydrogen-bond donors (Lipinski definition) is 0. The summed E-state index contributed by atoms with van der Waals surface area (Å²) in [7, 11) is 0. The number of pyridine rings is 1. The third-order valence-electron chi connectivity index (χ3n) is 5.53. The van der Waals surface area contributed by atoms with E-state index in [-0.39, 0.29) is 12.5 Å². The molecule has 4 aromatic rings. The van der Waals surface area contributed by atoms with E-state index in [1.54, 1.807) is 31.2 Å². The molecule has 0 bridgehead atoms. The second kappa shape index (κ2) is 8.17. The minimum absolute atomic E-state index is 0.0323. The Balaban J connectivity index is 1.18. The van der Waals surface area contributed by atoms with Gasteiger partial charge in [0.2, 0.25) is 11.7 Å². The molecule has 0 aliphatic carbocycles. The van der Waals surface area contributed by atoms with E-state index in [0.29, 0.717) is 42.0 Å². The van der Waals surface area contributed by atoms with E-state index < -0.39 is 0 Å². The molecule has 0 radical (unpaired) electrons. The Morgan fingerprint density at radius 3 is 2.68 bits per heavy atom. The van der Waals surface area contributed by atoms with Gasteiger partial charge in [0.1, 0.15) is 11.6 Å². The van der Waals surface area contributed by atoms with Gasteiger partial charge in [-0.3, -0.25) is 9.20 Å². The van der Waals surface area contributed by atoms with Gasteiger partial charge in [0.15, 0.2) is 12.3 Å². The number of aryl methyl sites for hydroxylation is 1. The Morgan fingerprint density at radius 2 is 1.94 bits per heavy atom. The van der Waals surface area contributed by atoms with Crippen molar-refractivity contribution in [1.29, 1.82) is 0 Å². The van der Waals surface area contributed by atoms with Crippen LogP contribution in [0.25, 0.3) is 5.65 Å². The number of amides is 1. The molecule has 9 heteroatoms. The molecule has 31 heavy (non-hydrogen) atoms. The van der Waals surface area contributed by atoms with Crippen LogP contribution in [0.1, 0.15) is 46.7 Å². The van der Waals surface area contributed by atoms with Crippen molar-refractivity contribution < 1.29 is 14.1 Å². The van der Waals surface area contributed by atoms with E-state index in [1.807, 2.05) is 33.7 Å². The number of rotatable bonds is 5. The van der Waals surface area contributed by atoms with E-state index in [1.165, 1.54) is 0 Å². The molecule has 1 saturated heterocycles. The minimum Gasteiger partial charge on any atom is -0.485 e. The SMILES string of the molecule is Cc1nc(COc2ccc(C(=O)N3CCC(c4nnc5ccccn45)CC3)cc2)no1. The number of carbonyl (C=O) groups is 1. The lowest BCUT2D eigenvalue weighted by atomic mass is 9.95. The molecule has 158 valence electrons. The topological polar surface area (TPSA) is 98.7 Å². The summed E-state index contributed by atoms with van der Waals surface area (Å²) in [6, 6.07) is 13.0. The number of benzene rings is 1. The summed E-state index contributed by atoms with van der Waals surface area (Å²) >= 11 is 0. The van der Waals surface area contributed by atoms with Crippen LogP contribution in [0.2, 0.25) is 0 Å². The molecule has 1 amide bonds. The quantitative estimate of drug-likeness (QED) is 0.491. The predicted molar refractivity (Wildman–Crippen MR) is 111 cm³/mol. The van der Waals surface area contributed by atoms with Gasteiger partial charge in [-0.1, -0.05) is 11.2 Å². The molecule has 5 rings (SSSR count). The smallest absolute Gasteiger partial charge is 0.253 e. The van der Waals surface area contributed by atoms with Gasteiger partial charge in [-0.2, -0.15) is 4.98 Å². The summed E-state index contributed by atoms with van der Waals surface area (Å²) in [5.41, 5.74) is 1.50. The van der Waals surface area contributed by atoms with E-state index >= 15 is 0 Å². The summed E-state index contributed by atoms with van der Waals surface area (Å²) < 4.78 is 12.6. The van der Waals surface area contributed by atoms with Crippen molar-refractivity contribution in [3.8, 4) is 5.75 Å². The van der Waals surface area contributed by atoms with Gasteiger partial charge in [0.05, 0.1) is 0 Å². The highest BCUT2D eigenvalue weighted by Gasteiger charge is 2.27. The largest absolute Gasteiger partial charge is 0.485 e. The second-order valence-corrected chi connectivity index (χ2v) is 7.60. The first-order valence-corrected chi connectivity index (χ1v) is 10.3. The average molecular weight is 418 g/mol. The van der Waals surface area contributed by atoms with Crippen LogP contribution >= 0.6 is 0 Å². The number of nitrogens with zero attached hydrogens (tertiary/aromatic N) is 6. The van der Waals surface area contributed by atoms with Crippen LogP contribution in [0.15, 0.2) is 53.2 Å². The number of fused-ring (bicyclic) bond motifs is 1. The van der Waals surface area contributed by atoms with Crippen LogP contribution in [0.4, 0.5) is 0 Å². The van der Waals surface area contributed by atoms with Crippen molar-refractivity contribution in [2.24, 2.45) is 0 Å². The van der Waals surface area contributed by atoms with E-state index in [9.17, 15) is 4.79 Å². The maximum atomic E-state index is 12.9. The van der Waals surface area contributed by atoms with Gasteiger partial charge in [-0.25, -0.2) is 0 Å². The maximum absolute atomic E-state index is 12.9. The molecule has 3 aromatic heterocycles. The summed E-state index contributed by atoms with van der Waals surface area (Å²) in [6.45, 7) is 3.34. The number of piperidine rings is 1. The fourth-order valence-electron chi connectivity index (χ4n) is 3.90. The molecule has 0 atom stereocenters. The van der Waals surface area contributed by atoms with Crippen LogP contribution in [0.5, 0.6) is 5.75 Å². The van der Waals surface area contributed by atoms with Crippen molar-refractivity contribution in [3.63, 3.8) is 0 Å². The van der Waals surface area contributed by atoms with Crippen molar-refractivity contribution >= 4 is 11.6 Å². The molecule has 1 fully saturated rings. The fraction of sp³-hybridized carbons (Fsp3) is 0.318. The zero-order valence-electron chi connectivity index (χ0n) is 17.1. The molecule has 4 heterocycles. The van der Waals surface area contributed by atoms with Gasteiger partial charge < -0.3 is 14.2 Å². The Labute approximate surface area is 178 Å². The lowest BCUT2D eigenvalue weighted by Gasteiger charge is -2.31. The average Bonchev–Trinajstić information content (AvgIpc) is 3.44. The second-order valence-electron chi connectivity index (χ2n) is 7.60. The third kappa shape index (κ3) is 3.98. The molecule has 0 spiro atoms. The Bertz CT molecular complexity index is 1190. The van der Waals surface area contributed by atoms with Crippen molar-refractivity contribution in [2.75, 3.05) is 13.1 Å². The molecular weight excluding hydrogens is 396 g/mol. The molecule has 1 aliphatic heterocycles. The van der Waals surface area contributed by atoms with Gasteiger partial charge in [0, 0.05) is 37.7 Å². The Morgan fingerprint density at radius 1 is 1.13 bits per heavy atom. The van der Waals surface area contributed by atoms with Crippen LogP contribution in [0.3, 0.4) is 0 Å². The van der Waals surface area contributed by atoms with Crippen LogP contribution in [0, 0.1) is 6.92 Å². The number of aromatic nitrogens is 5. The van der Waals surface area contributed by atoms with Gasteiger partial charge in [-0.05, 0) is 49.2 Å². The van der Waals surface area contributed by atoms with Crippen molar-refractivity contribution in [3.05, 3.63) is 71.8 Å². The lowest BCUT2D eigenvalue weighted by Crippen LogP contribution is -2.38. The fourth-order valence-corrected chi connectivity index (χ4v) is 3.90. The third-order valence-corrected chi connectivity index (χ3v) is 5.53. The lowest BCUT2D eigenvalue weighted by molar-refractivity contribution is 0.0711. The van der Waals surface area contributed by atoms with Gasteiger partial charge in [-0.15, -0.1) is 10.2 Å². The number of carbonyl (C=O) groups excluding carboxylic acids is 1. The number of hydrogen-bond acceptors (Lipinski definition) is 7. The Kier molecular flexibility index (Phi) is 5.07. The number of ether oxygens (including phenoxy) is 1. The first-order chi connectivity index (χ1) is 15.2. The van der Waals surface area contributed by atoms with Crippen LogP contribution < -0.4 is 4.74 Å². The van der Waals surface area contributed by atoms with Gasteiger partial charge in [0.25, 0.3) is 5.91 Å². The molecular formula is C22H22N6O3. The van der Waals surface area contributed by atoms with E-state index in [2.05, 4.69) is 20.3 Å². The summed E-state index contributed by atoms with van der Waals surface area (Å²) in [5, 5.41) is 12.4. The molecule has 0 unspecified atom stereocenters. The zero-order valence-corrected chi connectivity index (χ0v) is 17.1. The summed E-state index contributed by atoms with van der Waals surface area (Å²) in [4.78, 5) is 18.9. The monoisotopic (exact) mass is 418 g/mol. The zero-order chi connectivity index (χ0) is 21.2. The molecule has 0 saturated carbocycles. The highest BCUT2D eigenvalue weighted by Crippen LogP contribution is 2.28. The number of likely N-dealkylation sites (tertiary alicyclic amines) is 1. The van der Waals surface area contributed by atoms with Crippen molar-refractivity contribution in [1.82, 2.24) is 29.6 Å². The van der Waals surface area contributed by atoms with Crippen molar-refractivity contribution in [2.45, 2.75) is 32.3 Å². The first-order valence-electron chi connectivity index (χ1n) is 10.3. The Hall–Kier alpha value is -3.75. The maximum Gasteiger partial charge on any atom is 0.253 e. The highest BCUT2D eigenvalue weighted by atomic mass is 16.5. The minimum atomic E-state index is 0.0323. The van der Waals surface area contributed by atoms with Gasteiger partial charge >= 0.3 is 0 Å². The van der Waals surface area contributed by atoms with E-state index in [4.69, 9.17) is 9.26 Å². The summed E-state index contributed by atoms with van der Waals surface area (Å²) in [6.07, 6.45) is 3.73. The molecule has 0 N–H and O–H groups in total. The summed E-state index contributed by atoms with van der Waals surface area (Å²) in [5.74, 6) is 2.94. The standard InChI is InChI=1S/C22H22N6O3/c1-15-23-19(26-31-15)14-30-18-7-5-17(6-8-18)22(29)27-12-9-16(10-13-27)21-25-24-20-4-2-3-11-28(20)21/h2-8,11,16H,9-10,12-14H2,1H3. The predicted octanol–water partition coefficient (Wildman–Crippen LogP) is 3.02. The first kappa shape index (κ1) is 19.2. The highest BCUT2D eigenvalue weighted by molar-refractivity contribution is 5.94. The normalized spacial score (nSPS) is 14.8. The molecule has 9 nitrogen and oxygen atoms in total. The van der Waals surface area contributed by atoms with Crippen LogP contribution in [-0.2, 0) is 6.61 Å². The van der Waals surface area contributed by atoms with E-state index in [0.717, 1.165) is 24.3 Å². The molecule has 1 aliphatic rings. The molecule has 1 aromatic carbocycles. The van der Waals surface area contributed by atoms with Crippen LogP contribution in [-0.4, -0.2) is 48.6 Å².